The predicted octanol–water partition coefficient (Wildman–Crippen LogP) is 3.90. The first kappa shape index (κ1) is 20.4. The monoisotopic (exact) mass is 418 g/mol. The number of carbonyl (C=O) groups excluding carboxylic acids is 1. The maximum Gasteiger partial charge on any atom is 0.336 e. The van der Waals surface area contributed by atoms with E-state index in [9.17, 15) is 14.7 Å². The van der Waals surface area contributed by atoms with Gasteiger partial charge in [0.2, 0.25) is 5.91 Å². The van der Waals surface area contributed by atoms with Crippen LogP contribution in [-0.4, -0.2) is 30.2 Å². The second-order valence-corrected chi connectivity index (χ2v) is 7.12. The summed E-state index contributed by atoms with van der Waals surface area (Å²) in [6, 6.07) is 24.7. The third kappa shape index (κ3) is 4.22. The SMILES string of the molecule is COc1ccc(NC(=O)[C@H]2[C@@H](C(=O)O)ON(c3ccccc3)[C@@H]2c2ccccc2)cc1. The van der Waals surface area contributed by atoms with Gasteiger partial charge in [-0.3, -0.25) is 9.63 Å². The number of hydroxylamine groups is 1. The highest BCUT2D eigenvalue weighted by molar-refractivity contribution is 5.97. The van der Waals surface area contributed by atoms with E-state index in [1.54, 1.807) is 31.4 Å². The maximum atomic E-state index is 13.3. The molecule has 0 radical (unpaired) electrons. The molecule has 3 atom stereocenters. The van der Waals surface area contributed by atoms with Crippen LogP contribution in [0.4, 0.5) is 11.4 Å². The summed E-state index contributed by atoms with van der Waals surface area (Å²) in [5, 5.41) is 14.2. The molecule has 1 aliphatic rings. The Morgan fingerprint density at radius 3 is 2.13 bits per heavy atom. The van der Waals surface area contributed by atoms with Crippen LogP contribution in [0.15, 0.2) is 84.9 Å². The van der Waals surface area contributed by atoms with E-state index >= 15 is 0 Å². The van der Waals surface area contributed by atoms with Crippen molar-refractivity contribution in [2.45, 2.75) is 12.1 Å². The van der Waals surface area contributed by atoms with E-state index in [-0.39, 0.29) is 0 Å². The number of methoxy groups -OCH3 is 1. The van der Waals surface area contributed by atoms with Gasteiger partial charge in [0.05, 0.1) is 18.8 Å². The summed E-state index contributed by atoms with van der Waals surface area (Å²) in [6.07, 6.45) is -1.34. The lowest BCUT2D eigenvalue weighted by atomic mass is 9.88. The molecule has 1 heterocycles. The number of anilines is 2. The average Bonchev–Trinajstić information content (AvgIpc) is 3.22. The number of nitrogens with one attached hydrogen (secondary N) is 1. The Balaban J connectivity index is 1.72. The fraction of sp³-hybridized carbons (Fsp3) is 0.167. The minimum absolute atomic E-state index is 0.440. The van der Waals surface area contributed by atoms with Crippen LogP contribution in [0.25, 0.3) is 0 Å². The summed E-state index contributed by atoms with van der Waals surface area (Å²) >= 11 is 0. The molecule has 0 saturated carbocycles. The van der Waals surface area contributed by atoms with Gasteiger partial charge in [0, 0.05) is 5.69 Å². The van der Waals surface area contributed by atoms with Crippen molar-refractivity contribution in [2.75, 3.05) is 17.5 Å². The lowest BCUT2D eigenvalue weighted by molar-refractivity contribution is -0.151. The van der Waals surface area contributed by atoms with Crippen molar-refractivity contribution in [2.24, 2.45) is 5.92 Å². The molecule has 0 spiro atoms. The van der Waals surface area contributed by atoms with Gasteiger partial charge in [-0.05, 0) is 42.0 Å². The molecule has 1 aliphatic heterocycles. The molecule has 0 aliphatic carbocycles. The van der Waals surface area contributed by atoms with Crippen molar-refractivity contribution in [3.63, 3.8) is 0 Å². The number of rotatable bonds is 6. The summed E-state index contributed by atoms with van der Waals surface area (Å²) < 4.78 is 5.14. The minimum Gasteiger partial charge on any atom is -0.497 e. The number of aliphatic carboxylic acids is 1. The molecule has 31 heavy (non-hydrogen) atoms. The standard InChI is InChI=1S/C24H22N2O5/c1-30-19-14-12-17(13-15-19)25-23(27)20-21(16-8-4-2-5-9-16)26(31-22(20)24(28)29)18-10-6-3-7-11-18/h2-15,20-22H,1H3,(H,25,27)(H,28,29)/t20-,21-,22+/m1/s1. The molecular formula is C24H22N2O5. The number of nitrogens with zero attached hydrogens (tertiary/aromatic N) is 1. The van der Waals surface area contributed by atoms with Gasteiger partial charge in [0.1, 0.15) is 11.7 Å². The van der Waals surface area contributed by atoms with E-state index in [4.69, 9.17) is 9.57 Å². The Hall–Kier alpha value is -3.84. The third-order valence-corrected chi connectivity index (χ3v) is 5.20. The summed E-state index contributed by atoms with van der Waals surface area (Å²) in [6.45, 7) is 0. The van der Waals surface area contributed by atoms with E-state index < -0.39 is 29.9 Å². The summed E-state index contributed by atoms with van der Waals surface area (Å²) in [5.74, 6) is -1.97. The second-order valence-electron chi connectivity index (χ2n) is 7.12. The first-order valence-corrected chi connectivity index (χ1v) is 9.82. The molecule has 4 rings (SSSR count). The molecule has 2 N–H and O–H groups in total. The van der Waals surface area contributed by atoms with Crippen molar-refractivity contribution >= 4 is 23.3 Å². The highest BCUT2D eigenvalue weighted by atomic mass is 16.7. The van der Waals surface area contributed by atoms with E-state index in [0.717, 1.165) is 5.56 Å². The predicted molar refractivity (Wildman–Crippen MR) is 116 cm³/mol. The highest BCUT2D eigenvalue weighted by Gasteiger charge is 2.52. The van der Waals surface area contributed by atoms with Crippen molar-refractivity contribution in [3.8, 4) is 5.75 Å². The Labute approximate surface area is 179 Å². The maximum absolute atomic E-state index is 13.3. The van der Waals surface area contributed by atoms with Gasteiger partial charge in [0.25, 0.3) is 0 Å². The van der Waals surface area contributed by atoms with Crippen LogP contribution in [-0.2, 0) is 14.4 Å². The minimum atomic E-state index is -1.34. The number of carboxylic acid groups (broad SMARTS) is 1. The fourth-order valence-electron chi connectivity index (χ4n) is 3.73. The average molecular weight is 418 g/mol. The number of ether oxygens (including phenoxy) is 1. The van der Waals surface area contributed by atoms with Crippen molar-refractivity contribution in [1.82, 2.24) is 0 Å². The molecule has 3 aromatic rings. The largest absolute Gasteiger partial charge is 0.497 e. The van der Waals surface area contributed by atoms with Crippen LogP contribution in [0.2, 0.25) is 0 Å². The van der Waals surface area contributed by atoms with E-state index in [1.165, 1.54) is 5.06 Å². The molecule has 1 fully saturated rings. The lowest BCUT2D eigenvalue weighted by Crippen LogP contribution is -2.37. The molecular weight excluding hydrogens is 396 g/mol. The highest BCUT2D eigenvalue weighted by Crippen LogP contribution is 2.43. The van der Waals surface area contributed by atoms with Gasteiger partial charge in [0.15, 0.2) is 6.10 Å². The van der Waals surface area contributed by atoms with Gasteiger partial charge < -0.3 is 15.2 Å². The molecule has 158 valence electrons. The number of hydrogen-bond donors (Lipinski definition) is 2. The van der Waals surface area contributed by atoms with Crippen LogP contribution in [0.5, 0.6) is 5.75 Å². The van der Waals surface area contributed by atoms with Crippen LogP contribution >= 0.6 is 0 Å². The number of carboxylic acids is 1. The zero-order valence-electron chi connectivity index (χ0n) is 16.8. The zero-order valence-corrected chi connectivity index (χ0v) is 16.8. The number of amides is 1. The van der Waals surface area contributed by atoms with E-state index in [2.05, 4.69) is 5.32 Å². The number of benzene rings is 3. The van der Waals surface area contributed by atoms with Crippen molar-refractivity contribution in [3.05, 3.63) is 90.5 Å². The molecule has 0 unspecified atom stereocenters. The molecule has 1 amide bonds. The van der Waals surface area contributed by atoms with Crippen LogP contribution in [0.3, 0.4) is 0 Å². The Bertz CT molecular complexity index is 1040. The van der Waals surface area contributed by atoms with Gasteiger partial charge in [-0.1, -0.05) is 48.5 Å². The number of hydrogen-bond acceptors (Lipinski definition) is 5. The molecule has 0 aromatic heterocycles. The number of para-hydroxylation sites is 1. The summed E-state index contributed by atoms with van der Waals surface area (Å²) in [7, 11) is 1.56. The number of carbonyl (C=O) groups is 2. The van der Waals surface area contributed by atoms with Crippen LogP contribution in [0, 0.1) is 5.92 Å². The Kier molecular flexibility index (Phi) is 5.86. The normalized spacial score (nSPS) is 20.3. The fourth-order valence-corrected chi connectivity index (χ4v) is 3.73. The van der Waals surface area contributed by atoms with Crippen molar-refractivity contribution < 1.29 is 24.3 Å². The molecule has 7 nitrogen and oxygen atoms in total. The van der Waals surface area contributed by atoms with Gasteiger partial charge in [-0.15, -0.1) is 0 Å². The molecule has 7 heteroatoms. The Morgan fingerprint density at radius 2 is 1.55 bits per heavy atom. The topological polar surface area (TPSA) is 88.1 Å². The first-order chi connectivity index (χ1) is 15.1. The molecule has 0 bridgehead atoms. The van der Waals surface area contributed by atoms with Gasteiger partial charge >= 0.3 is 5.97 Å². The van der Waals surface area contributed by atoms with Gasteiger partial charge in [-0.2, -0.15) is 0 Å². The zero-order chi connectivity index (χ0) is 21.8. The molecule has 1 saturated heterocycles. The third-order valence-electron chi connectivity index (χ3n) is 5.20. The van der Waals surface area contributed by atoms with Crippen LogP contribution in [0.1, 0.15) is 11.6 Å². The Morgan fingerprint density at radius 1 is 0.935 bits per heavy atom. The summed E-state index contributed by atoms with van der Waals surface area (Å²) in [5.41, 5.74) is 1.99. The second kappa shape index (κ2) is 8.89. The quantitative estimate of drug-likeness (QED) is 0.631. The van der Waals surface area contributed by atoms with E-state index in [0.29, 0.717) is 17.1 Å². The smallest absolute Gasteiger partial charge is 0.336 e. The first-order valence-electron chi connectivity index (χ1n) is 9.82. The summed E-state index contributed by atoms with van der Waals surface area (Å²) in [4.78, 5) is 31.2. The molecule has 3 aromatic carbocycles. The van der Waals surface area contributed by atoms with Crippen LogP contribution < -0.4 is 15.1 Å². The van der Waals surface area contributed by atoms with Crippen molar-refractivity contribution in [1.29, 1.82) is 0 Å². The van der Waals surface area contributed by atoms with E-state index in [1.807, 2.05) is 60.7 Å². The lowest BCUT2D eigenvalue weighted by Gasteiger charge is -2.27. The van der Waals surface area contributed by atoms with Gasteiger partial charge in [-0.25, -0.2) is 9.86 Å².